The van der Waals surface area contributed by atoms with Crippen LogP contribution in [-0.4, -0.2) is 11.2 Å². The number of nitrogens with zero attached hydrogens (tertiary/aromatic N) is 1. The SMILES string of the molecule is Fc1ccc(-c2[nH]c3ccccc3c2/C=N/Nc2cc(Cl)ccc2Cl)cc1. The van der Waals surface area contributed by atoms with Crippen LogP contribution in [0, 0.1) is 5.82 Å². The Bertz CT molecular complexity index is 1130. The van der Waals surface area contributed by atoms with Gasteiger partial charge in [0.15, 0.2) is 0 Å². The number of hydrazone groups is 1. The molecule has 0 spiro atoms. The van der Waals surface area contributed by atoms with Crippen LogP contribution >= 0.6 is 23.2 Å². The van der Waals surface area contributed by atoms with E-state index in [1.807, 2.05) is 24.3 Å². The van der Waals surface area contributed by atoms with Crippen molar-refractivity contribution >= 4 is 46.0 Å². The minimum absolute atomic E-state index is 0.276. The Hall–Kier alpha value is -2.82. The fraction of sp³-hybridized carbons (Fsp3) is 0. The summed E-state index contributed by atoms with van der Waals surface area (Å²) in [5, 5.41) is 6.43. The molecule has 0 aliphatic rings. The Morgan fingerprint density at radius 1 is 0.963 bits per heavy atom. The Morgan fingerprint density at radius 2 is 1.74 bits per heavy atom. The van der Waals surface area contributed by atoms with Crippen molar-refractivity contribution in [2.75, 3.05) is 5.43 Å². The van der Waals surface area contributed by atoms with Gasteiger partial charge in [0.1, 0.15) is 5.82 Å². The first kappa shape index (κ1) is 17.6. The quantitative estimate of drug-likeness (QED) is 0.291. The Labute approximate surface area is 165 Å². The second-order valence-corrected chi connectivity index (χ2v) is 6.80. The van der Waals surface area contributed by atoms with E-state index in [2.05, 4.69) is 15.5 Å². The maximum atomic E-state index is 13.3. The maximum Gasteiger partial charge on any atom is 0.123 e. The van der Waals surface area contributed by atoms with Crippen molar-refractivity contribution < 1.29 is 4.39 Å². The number of benzene rings is 3. The van der Waals surface area contributed by atoms with E-state index in [1.165, 1.54) is 12.1 Å². The molecule has 0 amide bonds. The average Bonchev–Trinajstić information content (AvgIpc) is 3.04. The van der Waals surface area contributed by atoms with E-state index in [0.29, 0.717) is 15.7 Å². The van der Waals surface area contributed by atoms with E-state index >= 15 is 0 Å². The van der Waals surface area contributed by atoms with E-state index < -0.39 is 0 Å². The molecule has 0 saturated carbocycles. The second kappa shape index (κ2) is 7.43. The van der Waals surface area contributed by atoms with Gasteiger partial charge in [-0.2, -0.15) is 5.10 Å². The van der Waals surface area contributed by atoms with Gasteiger partial charge in [-0.15, -0.1) is 0 Å². The Balaban J connectivity index is 1.74. The zero-order valence-electron chi connectivity index (χ0n) is 14.0. The molecule has 1 heterocycles. The predicted molar refractivity (Wildman–Crippen MR) is 111 cm³/mol. The molecule has 4 rings (SSSR count). The number of aromatic nitrogens is 1. The van der Waals surface area contributed by atoms with Crippen molar-refractivity contribution in [3.8, 4) is 11.3 Å². The van der Waals surface area contributed by atoms with Gasteiger partial charge in [0.05, 0.1) is 22.6 Å². The summed E-state index contributed by atoms with van der Waals surface area (Å²) in [7, 11) is 0. The standard InChI is InChI=1S/C21H14Cl2FN3/c22-14-7-10-18(23)20(11-14)27-25-12-17-16-3-1-2-4-19(16)26-21(17)13-5-8-15(24)9-6-13/h1-12,26-27H/b25-12+. The van der Waals surface area contributed by atoms with Crippen molar-refractivity contribution in [2.45, 2.75) is 0 Å². The third kappa shape index (κ3) is 3.68. The number of H-pyrrole nitrogens is 1. The average molecular weight is 398 g/mol. The molecule has 3 nitrogen and oxygen atoms in total. The molecule has 0 unspecified atom stereocenters. The molecule has 1 aromatic heterocycles. The first-order valence-corrected chi connectivity index (χ1v) is 8.98. The third-order valence-corrected chi connectivity index (χ3v) is 4.75. The van der Waals surface area contributed by atoms with Crippen LogP contribution in [-0.2, 0) is 0 Å². The normalized spacial score (nSPS) is 11.4. The number of halogens is 3. The number of fused-ring (bicyclic) bond motifs is 1. The molecule has 0 fully saturated rings. The van der Waals surface area contributed by atoms with Crippen molar-refractivity contribution in [2.24, 2.45) is 5.10 Å². The molecule has 0 aliphatic carbocycles. The van der Waals surface area contributed by atoms with Gasteiger partial charge >= 0.3 is 0 Å². The molecule has 27 heavy (non-hydrogen) atoms. The molecule has 0 atom stereocenters. The summed E-state index contributed by atoms with van der Waals surface area (Å²) >= 11 is 12.2. The fourth-order valence-corrected chi connectivity index (χ4v) is 3.22. The number of hydrogen-bond donors (Lipinski definition) is 2. The summed E-state index contributed by atoms with van der Waals surface area (Å²) in [6, 6.07) is 19.4. The van der Waals surface area contributed by atoms with Crippen LogP contribution < -0.4 is 5.43 Å². The highest BCUT2D eigenvalue weighted by molar-refractivity contribution is 6.35. The van der Waals surface area contributed by atoms with Crippen molar-refractivity contribution in [1.82, 2.24) is 4.98 Å². The highest BCUT2D eigenvalue weighted by atomic mass is 35.5. The van der Waals surface area contributed by atoms with Gasteiger partial charge < -0.3 is 4.98 Å². The summed E-state index contributed by atoms with van der Waals surface area (Å²) in [6.45, 7) is 0. The fourth-order valence-electron chi connectivity index (χ4n) is 2.89. The summed E-state index contributed by atoms with van der Waals surface area (Å²) in [6.07, 6.45) is 1.72. The number of rotatable bonds is 4. The largest absolute Gasteiger partial charge is 0.354 e. The van der Waals surface area contributed by atoms with Gasteiger partial charge in [-0.3, -0.25) is 5.43 Å². The monoisotopic (exact) mass is 397 g/mol. The van der Waals surface area contributed by atoms with Crippen LogP contribution in [0.15, 0.2) is 71.8 Å². The van der Waals surface area contributed by atoms with E-state index in [0.717, 1.165) is 27.7 Å². The molecular formula is C21H14Cl2FN3. The summed E-state index contributed by atoms with van der Waals surface area (Å²) in [5.41, 5.74) is 7.13. The summed E-state index contributed by atoms with van der Waals surface area (Å²) in [4.78, 5) is 3.38. The lowest BCUT2D eigenvalue weighted by molar-refractivity contribution is 0.628. The molecule has 0 radical (unpaired) electrons. The minimum atomic E-state index is -0.276. The van der Waals surface area contributed by atoms with Crippen molar-refractivity contribution in [3.05, 3.63) is 88.2 Å². The minimum Gasteiger partial charge on any atom is -0.354 e. The maximum absolute atomic E-state index is 13.3. The lowest BCUT2D eigenvalue weighted by atomic mass is 10.1. The first-order chi connectivity index (χ1) is 13.1. The van der Waals surface area contributed by atoms with E-state index in [4.69, 9.17) is 23.2 Å². The Kier molecular flexibility index (Phi) is 4.84. The number of para-hydroxylation sites is 1. The number of aromatic amines is 1. The van der Waals surface area contributed by atoms with Gasteiger partial charge in [0, 0.05) is 21.5 Å². The summed E-state index contributed by atoms with van der Waals surface area (Å²) in [5.74, 6) is -0.276. The molecule has 134 valence electrons. The van der Waals surface area contributed by atoms with Gasteiger partial charge in [-0.25, -0.2) is 4.39 Å². The van der Waals surface area contributed by atoms with Crippen LogP contribution in [0.3, 0.4) is 0 Å². The van der Waals surface area contributed by atoms with Gasteiger partial charge in [0.25, 0.3) is 0 Å². The number of hydrogen-bond acceptors (Lipinski definition) is 2. The van der Waals surface area contributed by atoms with Gasteiger partial charge in [0.2, 0.25) is 0 Å². The zero-order chi connectivity index (χ0) is 18.8. The van der Waals surface area contributed by atoms with E-state index in [-0.39, 0.29) is 5.82 Å². The highest BCUT2D eigenvalue weighted by Crippen LogP contribution is 2.30. The molecule has 4 aromatic rings. The molecule has 0 saturated heterocycles. The van der Waals surface area contributed by atoms with Crippen LogP contribution in [0.2, 0.25) is 10.0 Å². The predicted octanol–water partition coefficient (Wildman–Crippen LogP) is 6.73. The molecule has 0 bridgehead atoms. The van der Waals surface area contributed by atoms with Crippen molar-refractivity contribution in [1.29, 1.82) is 0 Å². The van der Waals surface area contributed by atoms with Gasteiger partial charge in [-0.1, -0.05) is 41.4 Å². The molecule has 3 aromatic carbocycles. The Morgan fingerprint density at radius 3 is 2.56 bits per heavy atom. The van der Waals surface area contributed by atoms with Crippen LogP contribution in [0.25, 0.3) is 22.2 Å². The smallest absolute Gasteiger partial charge is 0.123 e. The van der Waals surface area contributed by atoms with E-state index in [1.54, 1.807) is 36.5 Å². The van der Waals surface area contributed by atoms with Crippen molar-refractivity contribution in [3.63, 3.8) is 0 Å². The molecular weight excluding hydrogens is 384 g/mol. The van der Waals surface area contributed by atoms with Crippen LogP contribution in [0.4, 0.5) is 10.1 Å². The topological polar surface area (TPSA) is 40.2 Å². The summed E-state index contributed by atoms with van der Waals surface area (Å²) < 4.78 is 13.3. The second-order valence-electron chi connectivity index (χ2n) is 5.96. The molecule has 0 aliphatic heterocycles. The van der Waals surface area contributed by atoms with Crippen LogP contribution in [0.5, 0.6) is 0 Å². The van der Waals surface area contributed by atoms with E-state index in [9.17, 15) is 4.39 Å². The molecule has 2 N–H and O–H groups in total. The third-order valence-electron chi connectivity index (χ3n) is 4.19. The highest BCUT2D eigenvalue weighted by Gasteiger charge is 2.11. The first-order valence-electron chi connectivity index (χ1n) is 8.22. The number of nitrogens with one attached hydrogen (secondary N) is 2. The number of anilines is 1. The van der Waals surface area contributed by atoms with Gasteiger partial charge in [-0.05, 0) is 54.1 Å². The lowest BCUT2D eigenvalue weighted by Crippen LogP contribution is -1.93. The van der Waals surface area contributed by atoms with Crippen LogP contribution in [0.1, 0.15) is 5.56 Å². The zero-order valence-corrected chi connectivity index (χ0v) is 15.5. The lowest BCUT2D eigenvalue weighted by Gasteiger charge is -2.04. The molecule has 6 heteroatoms.